The molecule has 27 nitrogen and oxygen atoms in total. The van der Waals surface area contributed by atoms with Gasteiger partial charge in [-0.2, -0.15) is 38.7 Å². The van der Waals surface area contributed by atoms with Crippen LogP contribution in [0.5, 0.6) is 0 Å². The van der Waals surface area contributed by atoms with E-state index in [1.54, 1.807) is 40.5 Å². The number of sulfone groups is 3. The average Bonchev–Trinajstić information content (AvgIpc) is 4.11. The summed E-state index contributed by atoms with van der Waals surface area (Å²) in [5.41, 5.74) is 2.35. The predicted octanol–water partition coefficient (Wildman–Crippen LogP) is -1.48. The van der Waals surface area contributed by atoms with Crippen LogP contribution in [-0.4, -0.2) is 290 Å². The summed E-state index contributed by atoms with van der Waals surface area (Å²) in [6, 6.07) is 2.66. The molecule has 3 aliphatic rings. The molecular formula is C50H123ClK2N2NaO25P5PdS10. The number of halogens is 1. The summed E-state index contributed by atoms with van der Waals surface area (Å²) in [6.07, 6.45) is 13.2. The zero-order chi connectivity index (χ0) is 74.0. The Morgan fingerprint density at radius 2 is 0.887 bits per heavy atom. The molecule has 4 heterocycles. The summed E-state index contributed by atoms with van der Waals surface area (Å²) in [6.45, 7) is 41.6. The first-order valence-corrected chi connectivity index (χ1v) is 56.4. The van der Waals surface area contributed by atoms with Gasteiger partial charge >= 0.3 is 132 Å². The first kappa shape index (κ1) is 145. The molecule has 0 aliphatic carbocycles. The minimum atomic E-state index is -3.84. The Morgan fingerprint density at radius 3 is 0.918 bits per heavy atom. The molecule has 3 fully saturated rings. The summed E-state index contributed by atoms with van der Waals surface area (Å²) in [4.78, 5) is 17.8. The van der Waals surface area contributed by atoms with Gasteiger partial charge in [-0.25, -0.2) is 33.7 Å². The van der Waals surface area contributed by atoms with Crippen molar-refractivity contribution in [1.82, 2.24) is 9.88 Å². The first-order chi connectivity index (χ1) is 39.9. The molecule has 0 amide bonds. The van der Waals surface area contributed by atoms with Crippen LogP contribution in [0, 0.1) is 21.3 Å². The van der Waals surface area contributed by atoms with Gasteiger partial charge in [-0.3, -0.25) is 23.4 Å². The molecule has 3 aliphatic heterocycles. The molecule has 0 saturated carbocycles. The molecular weight excluding hydrogens is 1750 g/mol. The summed E-state index contributed by atoms with van der Waals surface area (Å²) < 4.78 is 180. The van der Waals surface area contributed by atoms with E-state index in [0.29, 0.717) is 5.49 Å². The predicted molar refractivity (Wildman–Crippen MR) is 412 cm³/mol. The van der Waals surface area contributed by atoms with Crippen LogP contribution < -0.4 is 138 Å². The smallest absolute Gasteiger partial charge is 1.00 e. The number of carbonyl (C=O) groups excluding carboxylic acids is 1. The van der Waals surface area contributed by atoms with Crippen LogP contribution in [0.2, 0.25) is 0 Å². The van der Waals surface area contributed by atoms with Crippen molar-refractivity contribution >= 4 is 159 Å². The molecule has 3 saturated heterocycles. The topological polar surface area (TPSA) is 443 Å². The van der Waals surface area contributed by atoms with Gasteiger partial charge in [0.05, 0.1) is 22.7 Å². The number of ether oxygens (including phenoxy) is 3. The number of aliphatic hydroxyl groups excluding tert-OH is 1. The molecule has 0 aromatic carbocycles. The van der Waals surface area contributed by atoms with E-state index in [-0.39, 0.29) is 223 Å². The fourth-order valence-electron chi connectivity index (χ4n) is 5.00. The molecule has 0 unspecified atom stereocenters. The van der Waals surface area contributed by atoms with E-state index in [2.05, 4.69) is 46.2 Å². The van der Waals surface area contributed by atoms with E-state index in [0.717, 1.165) is 69.8 Å². The third-order valence-electron chi connectivity index (χ3n) is 7.30. The van der Waals surface area contributed by atoms with Crippen LogP contribution in [-0.2, 0) is 137 Å². The number of aromatic nitrogens is 1. The van der Waals surface area contributed by atoms with Crippen molar-refractivity contribution in [3.8, 4) is 0 Å². The normalized spacial score (nSPS) is 12.6. The van der Waals surface area contributed by atoms with E-state index < -0.39 is 96.8 Å². The molecule has 0 atom stereocenters. The zero-order valence-electron chi connectivity index (χ0n) is 63.5. The molecule has 5 N–H and O–H groups in total. The van der Waals surface area contributed by atoms with Gasteiger partial charge in [-0.1, -0.05) is 66.3 Å². The Kier molecular flexibility index (Phi) is 129. The molecule has 588 valence electrons. The SMILES string of the molecule is C1CCOC1.C1CCOC1.C1CCOC1.CC(C)O.CCN(CC)CC.CP(C)(=S)CS(=O)(=O)O.CP(C)(=S)CS(C)(=O)=O.CP(C)CS(=O)(=O)O.CP(C)CS(C)(=O)=O.CS(=O)(=O)Cl.CS(C)(=O)=O.C[PH+](C)CS(=O)(=O)O.Cc1cccc(C)n1.O=CO[O-].S.[CH3-].[H-].[K+].[K+].[Na+].[OH-].[Pd]. The molecule has 0 spiro atoms. The minimum absolute atomic E-state index is 0. The molecule has 0 radical (unpaired) electrons. The number of hydrogen-bond donors (Lipinski definition) is 4. The quantitative estimate of drug-likeness (QED) is 0.0241. The van der Waals surface area contributed by atoms with Crippen molar-refractivity contribution < 1.29 is 266 Å². The molecule has 97 heavy (non-hydrogen) atoms. The van der Waals surface area contributed by atoms with Crippen molar-refractivity contribution in [2.24, 2.45) is 0 Å². The first-order valence-electron chi connectivity index (χ1n) is 27.1. The maximum atomic E-state index is 10.6. The zero-order valence-corrected chi connectivity index (χ0v) is 86.0. The van der Waals surface area contributed by atoms with Gasteiger partial charge in [-0.05, 0) is 163 Å². The van der Waals surface area contributed by atoms with Gasteiger partial charge in [0.25, 0.3) is 36.8 Å². The summed E-state index contributed by atoms with van der Waals surface area (Å²) in [5.74, 6) is 0. The van der Waals surface area contributed by atoms with Crippen LogP contribution in [0.4, 0.5) is 0 Å². The monoisotopic (exact) mass is 1870 g/mol. The second kappa shape index (κ2) is 86.0. The number of carbonyl (C=O) groups is 1. The maximum Gasteiger partial charge on any atom is 1.00 e. The van der Waals surface area contributed by atoms with Crippen molar-refractivity contribution in [1.29, 1.82) is 0 Å². The van der Waals surface area contributed by atoms with Gasteiger partial charge < -0.3 is 48.7 Å². The van der Waals surface area contributed by atoms with E-state index in [1.807, 2.05) is 72.0 Å². The summed E-state index contributed by atoms with van der Waals surface area (Å²) in [5, 5.41) is 16.5. The van der Waals surface area contributed by atoms with Gasteiger partial charge in [0.15, 0.2) is 25.2 Å². The average molecular weight is 1870 g/mol. The van der Waals surface area contributed by atoms with E-state index in [1.165, 1.54) is 70.7 Å². The third-order valence-corrected chi connectivity index (χ3v) is 28.4. The van der Waals surface area contributed by atoms with Crippen molar-refractivity contribution in [3.63, 3.8) is 0 Å². The Hall–Kier alpha value is 6.04. The van der Waals surface area contributed by atoms with Gasteiger partial charge in [0.1, 0.15) is 15.3 Å². The number of aliphatic hydroxyl groups is 1. The van der Waals surface area contributed by atoms with Crippen LogP contribution in [0.25, 0.3) is 0 Å². The molecule has 1 aromatic heterocycles. The van der Waals surface area contributed by atoms with Crippen molar-refractivity contribution in [3.05, 3.63) is 37.0 Å². The standard InChI is InChI=1S/C7H9N.C6H15N.C4H11O2PS2.C4H11O2PS.3C4H8O.C3H9O3PS2.2C3H9O3PS.C3H8O.C2H6O2S.CH3ClO2S.CH2O3.CH3.2K.Na.H2O.Pd.H2S.H/c1-6-4-3-5-7(2)8-6;1-4-7(5-2)6-3;1-7(2,8)4-9(3,5)6;1-7(2)4-8(3,5)6;3*1-2-4-5-3-1;1-7(2,8)3-9(4,5)6;2*1-7(2)3-8(4,5)6;1-3(2)4;2*1-5(2,3)4;2-1-4-3;;;;;;;;/h3-5H,1-2H3;4-6H2,1-3H3;4H2,1-3H3;4H2,1-3H3;3*1-4H2;3H2,1-2H3,(H,4,5,6);2*3H2,1-2H3,(H,4,5,6);3-4H,1-2H3;1-2H3;1H3;1,3H;1H3;;;;1H2;;1H2;/q;;;;;;;;;;;;;;-1;3*+1;;;;-1/p-1. The molecule has 0 bridgehead atoms. The van der Waals surface area contributed by atoms with Crippen LogP contribution in [0.1, 0.15) is 86.0 Å². The van der Waals surface area contributed by atoms with Crippen molar-refractivity contribution in [2.75, 3.05) is 185 Å². The van der Waals surface area contributed by atoms with E-state index >= 15 is 0 Å². The number of nitrogens with zero attached hydrogens (tertiary/aromatic N) is 2. The van der Waals surface area contributed by atoms with Gasteiger partial charge in [0.2, 0.25) is 9.05 Å². The maximum absolute atomic E-state index is 10.6. The molecule has 4 rings (SSSR count). The Balaban J connectivity index is -0.0000000440. The number of pyridine rings is 1. The summed E-state index contributed by atoms with van der Waals surface area (Å²) >= 11 is 9.77. The van der Waals surface area contributed by atoms with Crippen LogP contribution in [0.15, 0.2) is 18.2 Å². The Bertz CT molecular complexity index is 2550. The number of hydrogen-bond acceptors (Lipinski definition) is 26. The third kappa shape index (κ3) is 241. The fraction of sp³-hybridized carbons (Fsp3) is 0.860. The Morgan fingerprint density at radius 1 is 0.649 bits per heavy atom. The summed E-state index contributed by atoms with van der Waals surface area (Å²) in [7, 11) is -19.7. The second-order valence-electron chi connectivity index (χ2n) is 21.4. The van der Waals surface area contributed by atoms with Gasteiger partial charge in [0, 0.05) is 135 Å². The number of aryl methyl sites for hydroxylation is 2. The van der Waals surface area contributed by atoms with Gasteiger partial charge in [-0.15, -0.1) is 0 Å². The Labute approximate surface area is 738 Å². The minimum Gasteiger partial charge on any atom is -1.00 e. The van der Waals surface area contributed by atoms with Crippen LogP contribution in [0.3, 0.4) is 0 Å². The molecule has 47 heteroatoms. The van der Waals surface area contributed by atoms with Crippen molar-refractivity contribution in [2.45, 2.75) is 93.1 Å². The van der Waals surface area contributed by atoms with Crippen LogP contribution >= 0.6 is 60.0 Å². The van der Waals surface area contributed by atoms with E-state index in [9.17, 15) is 58.9 Å². The largest absolute Gasteiger partial charge is 1.00 e. The molecule has 1 aromatic rings. The van der Waals surface area contributed by atoms with E-state index in [4.69, 9.17) is 66.6 Å². The fourth-order valence-corrected chi connectivity index (χ4v) is 24.9. The second-order valence-corrected chi connectivity index (χ2v) is 58.2. The number of rotatable bonds is 14.